The summed E-state index contributed by atoms with van der Waals surface area (Å²) in [5, 5.41) is 11.8. The molecule has 0 saturated heterocycles. The maximum Gasteiger partial charge on any atom is 0.217 e. The summed E-state index contributed by atoms with van der Waals surface area (Å²) in [7, 11) is -3.42. The Morgan fingerprint density at radius 1 is 1.67 bits per heavy atom. The predicted molar refractivity (Wildman–Crippen MR) is 52.1 cm³/mol. The van der Waals surface area contributed by atoms with Crippen molar-refractivity contribution in [3.05, 3.63) is 17.5 Å². The fourth-order valence-electron chi connectivity index (χ4n) is 0.994. The number of nitriles is 1. The van der Waals surface area contributed by atoms with E-state index in [0.717, 1.165) is 0 Å². The average Bonchev–Trinajstić information content (AvgIpc) is 2.50. The van der Waals surface area contributed by atoms with Crippen LogP contribution >= 0.6 is 0 Å². The second-order valence-electron chi connectivity index (χ2n) is 2.99. The molecule has 0 aliphatic rings. The SMILES string of the molecule is Cc1cc(CS(=O)(=O)NCCC#N)no1. The molecule has 0 aliphatic carbocycles. The summed E-state index contributed by atoms with van der Waals surface area (Å²) in [6, 6.07) is 3.41. The topological polar surface area (TPSA) is 96.0 Å². The van der Waals surface area contributed by atoms with Crippen LogP contribution < -0.4 is 4.72 Å². The highest BCUT2D eigenvalue weighted by Gasteiger charge is 2.13. The largest absolute Gasteiger partial charge is 0.361 e. The molecule has 1 heterocycles. The molecule has 6 nitrogen and oxygen atoms in total. The molecule has 0 spiro atoms. The van der Waals surface area contributed by atoms with Crippen LogP contribution in [0.5, 0.6) is 0 Å². The van der Waals surface area contributed by atoms with Crippen LogP contribution in [-0.2, 0) is 15.8 Å². The van der Waals surface area contributed by atoms with Gasteiger partial charge in [0.1, 0.15) is 17.2 Å². The molecule has 0 atom stereocenters. The molecule has 0 fully saturated rings. The second-order valence-corrected chi connectivity index (χ2v) is 4.80. The van der Waals surface area contributed by atoms with Gasteiger partial charge < -0.3 is 4.52 Å². The number of aromatic nitrogens is 1. The van der Waals surface area contributed by atoms with Crippen molar-refractivity contribution < 1.29 is 12.9 Å². The van der Waals surface area contributed by atoms with Crippen molar-refractivity contribution in [1.82, 2.24) is 9.88 Å². The third kappa shape index (κ3) is 4.10. The molecule has 15 heavy (non-hydrogen) atoms. The first kappa shape index (κ1) is 11.7. The highest BCUT2D eigenvalue weighted by atomic mass is 32.2. The number of hydrogen-bond acceptors (Lipinski definition) is 5. The van der Waals surface area contributed by atoms with E-state index in [1.807, 2.05) is 6.07 Å². The van der Waals surface area contributed by atoms with Gasteiger partial charge in [-0.3, -0.25) is 0 Å². The van der Waals surface area contributed by atoms with Crippen LogP contribution in [0.1, 0.15) is 17.9 Å². The van der Waals surface area contributed by atoms with Gasteiger partial charge in [-0.05, 0) is 6.92 Å². The Balaban J connectivity index is 2.54. The van der Waals surface area contributed by atoms with Crippen molar-refractivity contribution in [3.63, 3.8) is 0 Å². The van der Waals surface area contributed by atoms with E-state index < -0.39 is 10.0 Å². The molecule has 7 heteroatoms. The molecule has 1 aromatic heterocycles. The van der Waals surface area contributed by atoms with Crippen molar-refractivity contribution in [3.8, 4) is 6.07 Å². The van der Waals surface area contributed by atoms with Crippen LogP contribution in [0.25, 0.3) is 0 Å². The number of sulfonamides is 1. The Morgan fingerprint density at radius 3 is 2.93 bits per heavy atom. The summed E-state index contributed by atoms with van der Waals surface area (Å²) in [5.41, 5.74) is 0.358. The van der Waals surface area contributed by atoms with Crippen LogP contribution in [0.15, 0.2) is 10.6 Å². The third-order valence-electron chi connectivity index (χ3n) is 1.57. The van der Waals surface area contributed by atoms with E-state index in [4.69, 9.17) is 9.78 Å². The summed E-state index contributed by atoms with van der Waals surface area (Å²) in [4.78, 5) is 0. The number of nitrogens with zero attached hydrogens (tertiary/aromatic N) is 2. The monoisotopic (exact) mass is 229 g/mol. The van der Waals surface area contributed by atoms with Gasteiger partial charge in [0.05, 0.1) is 6.07 Å². The van der Waals surface area contributed by atoms with Crippen LogP contribution in [-0.4, -0.2) is 20.1 Å². The zero-order chi connectivity index (χ0) is 11.3. The van der Waals surface area contributed by atoms with Gasteiger partial charge in [0.25, 0.3) is 0 Å². The van der Waals surface area contributed by atoms with E-state index in [1.165, 1.54) is 0 Å². The Bertz CT molecular complexity index is 458. The highest BCUT2D eigenvalue weighted by Crippen LogP contribution is 2.05. The van der Waals surface area contributed by atoms with E-state index in [9.17, 15) is 8.42 Å². The van der Waals surface area contributed by atoms with Gasteiger partial charge in [-0.2, -0.15) is 5.26 Å². The van der Waals surface area contributed by atoms with Gasteiger partial charge in [0, 0.05) is 19.0 Å². The fraction of sp³-hybridized carbons (Fsp3) is 0.500. The lowest BCUT2D eigenvalue weighted by Gasteiger charge is -2.01. The van der Waals surface area contributed by atoms with Crippen molar-refractivity contribution in [2.45, 2.75) is 19.1 Å². The van der Waals surface area contributed by atoms with E-state index in [1.54, 1.807) is 13.0 Å². The van der Waals surface area contributed by atoms with Crippen molar-refractivity contribution >= 4 is 10.0 Å². The van der Waals surface area contributed by atoms with Gasteiger partial charge in [0.15, 0.2) is 0 Å². The maximum atomic E-state index is 11.4. The Morgan fingerprint density at radius 2 is 2.40 bits per heavy atom. The van der Waals surface area contributed by atoms with Crippen molar-refractivity contribution in [2.75, 3.05) is 6.54 Å². The number of aryl methyl sites for hydroxylation is 1. The summed E-state index contributed by atoms with van der Waals surface area (Å²) in [5.74, 6) is 0.340. The highest BCUT2D eigenvalue weighted by molar-refractivity contribution is 7.88. The first-order valence-electron chi connectivity index (χ1n) is 4.30. The normalized spacial score (nSPS) is 11.2. The minimum atomic E-state index is -3.42. The first-order valence-corrected chi connectivity index (χ1v) is 5.95. The molecule has 0 aliphatic heterocycles. The summed E-state index contributed by atoms with van der Waals surface area (Å²) in [6.07, 6.45) is 0.150. The Hall–Kier alpha value is -1.39. The molecule has 0 bridgehead atoms. The third-order valence-corrected chi connectivity index (χ3v) is 2.89. The number of nitrogens with one attached hydrogen (secondary N) is 1. The number of hydrogen-bond donors (Lipinski definition) is 1. The van der Waals surface area contributed by atoms with Gasteiger partial charge >= 0.3 is 0 Å². The quantitative estimate of drug-likeness (QED) is 0.733. The van der Waals surface area contributed by atoms with Crippen LogP contribution in [0.3, 0.4) is 0 Å². The molecular weight excluding hydrogens is 218 g/mol. The summed E-state index contributed by atoms with van der Waals surface area (Å²) in [6.45, 7) is 1.81. The van der Waals surface area contributed by atoms with Crippen molar-refractivity contribution in [2.24, 2.45) is 0 Å². The average molecular weight is 229 g/mol. The second kappa shape index (κ2) is 4.91. The predicted octanol–water partition coefficient (Wildman–Crippen LogP) is 0.316. The number of rotatable bonds is 5. The van der Waals surface area contributed by atoms with E-state index in [-0.39, 0.29) is 18.7 Å². The molecule has 0 radical (unpaired) electrons. The minimum absolute atomic E-state index is 0.121. The molecule has 0 saturated carbocycles. The van der Waals surface area contributed by atoms with Crippen molar-refractivity contribution in [1.29, 1.82) is 5.26 Å². The molecule has 1 rings (SSSR count). The lowest BCUT2D eigenvalue weighted by Crippen LogP contribution is -2.26. The maximum absolute atomic E-state index is 11.4. The Labute approximate surface area is 87.9 Å². The van der Waals surface area contributed by atoms with E-state index in [2.05, 4.69) is 9.88 Å². The fourth-order valence-corrected chi connectivity index (χ4v) is 2.03. The standard InChI is InChI=1S/C8H11N3O3S/c1-7-5-8(11-14-7)6-15(12,13)10-4-2-3-9/h5,10H,2,4,6H2,1H3. The molecule has 1 N–H and O–H groups in total. The molecule has 0 unspecified atom stereocenters. The lowest BCUT2D eigenvalue weighted by molar-refractivity contribution is 0.392. The molecule has 0 amide bonds. The molecular formula is C8H11N3O3S. The Kier molecular flexibility index (Phi) is 3.82. The van der Waals surface area contributed by atoms with Gasteiger partial charge in [-0.25, -0.2) is 13.1 Å². The van der Waals surface area contributed by atoms with Crippen LogP contribution in [0.4, 0.5) is 0 Å². The van der Waals surface area contributed by atoms with Crippen LogP contribution in [0, 0.1) is 18.3 Å². The zero-order valence-corrected chi connectivity index (χ0v) is 9.04. The molecule has 1 aromatic rings. The van der Waals surface area contributed by atoms with E-state index in [0.29, 0.717) is 11.5 Å². The van der Waals surface area contributed by atoms with Gasteiger partial charge in [0.2, 0.25) is 10.0 Å². The molecule has 0 aromatic carbocycles. The smallest absolute Gasteiger partial charge is 0.217 e. The first-order chi connectivity index (χ1) is 7.03. The van der Waals surface area contributed by atoms with Gasteiger partial charge in [-0.15, -0.1) is 0 Å². The minimum Gasteiger partial charge on any atom is -0.361 e. The molecule has 82 valence electrons. The zero-order valence-electron chi connectivity index (χ0n) is 8.23. The van der Waals surface area contributed by atoms with Crippen LogP contribution in [0.2, 0.25) is 0 Å². The van der Waals surface area contributed by atoms with Gasteiger partial charge in [-0.1, -0.05) is 5.16 Å². The van der Waals surface area contributed by atoms with E-state index >= 15 is 0 Å². The summed E-state index contributed by atoms with van der Waals surface area (Å²) >= 11 is 0. The lowest BCUT2D eigenvalue weighted by atomic mass is 10.4. The summed E-state index contributed by atoms with van der Waals surface area (Å²) < 4.78 is 29.8.